The molecular formula is C35H34ClF3N2O6S2. The molecule has 0 bridgehead atoms. The van der Waals surface area contributed by atoms with E-state index < -0.39 is 17.7 Å². The summed E-state index contributed by atoms with van der Waals surface area (Å²) in [5.74, 6) is -0.243. The minimum atomic E-state index is -4.55. The zero-order valence-corrected chi connectivity index (χ0v) is 28.7. The number of benzene rings is 3. The summed E-state index contributed by atoms with van der Waals surface area (Å²) >= 11 is 13.0. The van der Waals surface area contributed by atoms with Gasteiger partial charge in [-0.25, -0.2) is 0 Å². The first-order valence-corrected chi connectivity index (χ1v) is 17.2. The first-order valence-electron chi connectivity index (χ1n) is 15.6. The van der Waals surface area contributed by atoms with Crippen molar-refractivity contribution in [2.24, 2.45) is 0 Å². The van der Waals surface area contributed by atoms with E-state index in [2.05, 4.69) is 4.90 Å². The number of halogens is 4. The summed E-state index contributed by atoms with van der Waals surface area (Å²) in [6.45, 7) is 4.87. The van der Waals surface area contributed by atoms with Crippen molar-refractivity contribution in [3.05, 3.63) is 87.3 Å². The molecule has 2 aliphatic heterocycles. The van der Waals surface area contributed by atoms with E-state index >= 15 is 0 Å². The zero-order chi connectivity index (χ0) is 35.0. The molecule has 1 N–H and O–H groups in total. The van der Waals surface area contributed by atoms with E-state index in [1.54, 1.807) is 48.5 Å². The van der Waals surface area contributed by atoms with Crippen molar-refractivity contribution >= 4 is 57.9 Å². The van der Waals surface area contributed by atoms with Crippen LogP contribution in [0.25, 0.3) is 17.2 Å². The lowest BCUT2D eigenvalue weighted by atomic mass is 9.99. The summed E-state index contributed by atoms with van der Waals surface area (Å²) in [5, 5.41) is 9.18. The fourth-order valence-corrected chi connectivity index (χ4v) is 6.87. The van der Waals surface area contributed by atoms with E-state index in [-0.39, 0.29) is 29.5 Å². The minimum Gasteiger partial charge on any atom is -0.494 e. The molecule has 3 aromatic rings. The van der Waals surface area contributed by atoms with Gasteiger partial charge in [-0.2, -0.15) is 13.2 Å². The van der Waals surface area contributed by atoms with Gasteiger partial charge in [0.2, 0.25) is 0 Å². The molecule has 8 nitrogen and oxygen atoms in total. The van der Waals surface area contributed by atoms with Gasteiger partial charge in [0.25, 0.3) is 5.91 Å². The van der Waals surface area contributed by atoms with Crippen molar-refractivity contribution in [3.8, 4) is 22.6 Å². The summed E-state index contributed by atoms with van der Waals surface area (Å²) < 4.78 is 58.3. The summed E-state index contributed by atoms with van der Waals surface area (Å²) in [4.78, 5) is 28.6. The molecule has 0 spiro atoms. The van der Waals surface area contributed by atoms with Crippen LogP contribution in [-0.2, 0) is 26.9 Å². The lowest BCUT2D eigenvalue weighted by Crippen LogP contribution is -2.37. The Hall–Kier alpha value is -3.62. The Kier molecular flexibility index (Phi) is 12.6. The lowest BCUT2D eigenvalue weighted by Gasteiger charge is -2.26. The second-order valence-electron chi connectivity index (χ2n) is 11.4. The molecule has 0 radical (unpaired) electrons. The normalized spacial score (nSPS) is 16.4. The number of carbonyl (C=O) groups excluding carboxylic acids is 1. The maximum Gasteiger partial charge on any atom is 0.416 e. The number of carboxylic acids is 1. The molecule has 0 atom stereocenters. The van der Waals surface area contributed by atoms with E-state index in [0.29, 0.717) is 70.2 Å². The summed E-state index contributed by atoms with van der Waals surface area (Å²) in [6.07, 6.45) is -1.81. The Balaban J connectivity index is 1.31. The third-order valence-electron chi connectivity index (χ3n) is 7.80. The van der Waals surface area contributed by atoms with E-state index in [0.717, 1.165) is 49.9 Å². The second kappa shape index (κ2) is 16.9. The van der Waals surface area contributed by atoms with E-state index in [1.807, 2.05) is 0 Å². The molecule has 0 saturated carbocycles. The predicted octanol–water partition coefficient (Wildman–Crippen LogP) is 7.42. The summed E-state index contributed by atoms with van der Waals surface area (Å²) in [7, 11) is 0. The van der Waals surface area contributed by atoms with E-state index in [4.69, 9.17) is 43.1 Å². The molecule has 49 heavy (non-hydrogen) atoms. The number of ether oxygens (including phenoxy) is 3. The number of hydrogen-bond acceptors (Lipinski definition) is 8. The quantitative estimate of drug-likeness (QED) is 0.103. The number of thioether (sulfide) groups is 1. The molecule has 1 amide bonds. The molecule has 0 unspecified atom stereocenters. The Morgan fingerprint density at radius 3 is 2.53 bits per heavy atom. The van der Waals surface area contributed by atoms with Crippen LogP contribution in [0.1, 0.15) is 29.5 Å². The van der Waals surface area contributed by atoms with Gasteiger partial charge < -0.3 is 19.3 Å². The van der Waals surface area contributed by atoms with Crippen molar-refractivity contribution in [3.63, 3.8) is 0 Å². The highest BCUT2D eigenvalue weighted by atomic mass is 35.5. The average molecular weight is 735 g/mol. The number of hydrogen-bond donors (Lipinski definition) is 1. The topological polar surface area (TPSA) is 88.5 Å². The number of rotatable bonds is 14. The van der Waals surface area contributed by atoms with Crippen LogP contribution < -0.4 is 9.47 Å². The molecule has 14 heteroatoms. The Morgan fingerprint density at radius 2 is 1.78 bits per heavy atom. The number of thiocarbonyl (C=S) groups is 1. The van der Waals surface area contributed by atoms with Gasteiger partial charge in [0, 0.05) is 42.3 Å². The number of nitrogens with zero attached hydrogens (tertiary/aromatic N) is 2. The van der Waals surface area contributed by atoms with Crippen LogP contribution in [0, 0.1) is 0 Å². The van der Waals surface area contributed by atoms with Crippen molar-refractivity contribution in [2.75, 3.05) is 52.6 Å². The third-order valence-corrected chi connectivity index (χ3v) is 9.51. The summed E-state index contributed by atoms with van der Waals surface area (Å²) in [6, 6.07) is 15.0. The highest BCUT2D eigenvalue weighted by Crippen LogP contribution is 2.39. The van der Waals surface area contributed by atoms with Crippen molar-refractivity contribution < 1.29 is 42.1 Å². The van der Waals surface area contributed by atoms with Gasteiger partial charge in [0.05, 0.1) is 43.3 Å². The van der Waals surface area contributed by atoms with Crippen molar-refractivity contribution in [1.82, 2.24) is 9.80 Å². The maximum absolute atomic E-state index is 13.5. The highest BCUT2D eigenvalue weighted by molar-refractivity contribution is 8.26. The standard InChI is InChI=1S/C35H34ClF3N2O6S2/c36-29-8-7-26(35(37,38)39)22-28(29)24-6-9-30(47-15-2-10-40-12-16-45-17-13-40)25(20-24)21-31-33(44)41(34(48)49-31)11-3-14-46-27-5-1-4-23(18-27)19-32(42)43/h1,4-9,18,20-22H,2-3,10-17,19H2,(H,42,43). The number of morpholine rings is 1. The Bertz CT molecular complexity index is 1710. The van der Waals surface area contributed by atoms with Gasteiger partial charge in [-0.1, -0.05) is 53.8 Å². The van der Waals surface area contributed by atoms with Gasteiger partial charge in [-0.05, 0) is 72.5 Å². The molecule has 3 aromatic carbocycles. The molecule has 2 heterocycles. The predicted molar refractivity (Wildman–Crippen MR) is 187 cm³/mol. The first-order chi connectivity index (χ1) is 23.5. The number of amides is 1. The van der Waals surface area contributed by atoms with Gasteiger partial charge in [-0.3, -0.25) is 19.4 Å². The highest BCUT2D eigenvalue weighted by Gasteiger charge is 2.33. The van der Waals surface area contributed by atoms with Crippen LogP contribution in [0.4, 0.5) is 13.2 Å². The SMILES string of the molecule is O=C(O)Cc1cccc(OCCCN2C(=O)C(=Cc3cc(-c4cc(C(F)(F)F)ccc4Cl)ccc3OCCCN3CCOCC3)SC2=S)c1. The van der Waals surface area contributed by atoms with Crippen molar-refractivity contribution in [1.29, 1.82) is 0 Å². The smallest absolute Gasteiger partial charge is 0.416 e. The van der Waals surface area contributed by atoms with Gasteiger partial charge >= 0.3 is 12.1 Å². The van der Waals surface area contributed by atoms with Crippen LogP contribution in [-0.4, -0.2) is 83.7 Å². The molecule has 5 rings (SSSR count). The molecule has 260 valence electrons. The number of carboxylic acid groups (broad SMARTS) is 1. The van der Waals surface area contributed by atoms with Crippen LogP contribution >= 0.6 is 35.6 Å². The average Bonchev–Trinajstić information content (AvgIpc) is 3.33. The fraction of sp³-hybridized carbons (Fsp3) is 0.343. The molecule has 2 saturated heterocycles. The van der Waals surface area contributed by atoms with E-state index in [9.17, 15) is 22.8 Å². The van der Waals surface area contributed by atoms with Crippen LogP contribution in [0.15, 0.2) is 65.6 Å². The van der Waals surface area contributed by atoms with Crippen molar-refractivity contribution in [2.45, 2.75) is 25.4 Å². The molecule has 2 fully saturated rings. The van der Waals surface area contributed by atoms with Gasteiger partial charge in [0.1, 0.15) is 15.8 Å². The second-order valence-corrected chi connectivity index (χ2v) is 13.4. The fourth-order valence-electron chi connectivity index (χ4n) is 5.34. The Morgan fingerprint density at radius 1 is 1.02 bits per heavy atom. The molecule has 2 aliphatic rings. The largest absolute Gasteiger partial charge is 0.494 e. The van der Waals surface area contributed by atoms with Gasteiger partial charge in [0.15, 0.2) is 0 Å². The lowest BCUT2D eigenvalue weighted by molar-refractivity contribution is -0.138. The molecular weight excluding hydrogens is 701 g/mol. The van der Waals surface area contributed by atoms with Gasteiger partial charge in [-0.15, -0.1) is 0 Å². The molecule has 0 aliphatic carbocycles. The number of alkyl halides is 3. The molecule has 0 aromatic heterocycles. The van der Waals surface area contributed by atoms with E-state index in [1.165, 1.54) is 11.0 Å². The van der Waals surface area contributed by atoms with Crippen LogP contribution in [0.3, 0.4) is 0 Å². The van der Waals surface area contributed by atoms with Crippen LogP contribution in [0.5, 0.6) is 11.5 Å². The first kappa shape index (κ1) is 36.7. The zero-order valence-electron chi connectivity index (χ0n) is 26.3. The number of carbonyl (C=O) groups is 2. The van der Waals surface area contributed by atoms with Crippen LogP contribution in [0.2, 0.25) is 5.02 Å². The minimum absolute atomic E-state index is 0.114. The number of aliphatic carboxylic acids is 1. The third kappa shape index (κ3) is 10.2. The summed E-state index contributed by atoms with van der Waals surface area (Å²) in [5.41, 5.74) is 0.929. The Labute approximate surface area is 296 Å². The monoisotopic (exact) mass is 734 g/mol. The maximum atomic E-state index is 13.5.